The normalized spacial score (nSPS) is 17.5. The average Bonchev–Trinajstić information content (AvgIpc) is 2.50. The second-order valence-corrected chi connectivity index (χ2v) is 6.88. The van der Waals surface area contributed by atoms with E-state index in [-0.39, 0.29) is 10.5 Å². The first-order valence-electron chi connectivity index (χ1n) is 7.61. The van der Waals surface area contributed by atoms with Gasteiger partial charge in [-0.2, -0.15) is 11.8 Å². The molecule has 0 amide bonds. The van der Waals surface area contributed by atoms with Gasteiger partial charge in [0, 0.05) is 23.4 Å². The molecule has 0 unspecified atom stereocenters. The van der Waals surface area contributed by atoms with Crippen LogP contribution < -0.4 is 15.8 Å². The van der Waals surface area contributed by atoms with Crippen molar-refractivity contribution < 1.29 is 9.13 Å². The van der Waals surface area contributed by atoms with Crippen molar-refractivity contribution in [3.05, 3.63) is 17.9 Å². The van der Waals surface area contributed by atoms with Crippen molar-refractivity contribution in [3.63, 3.8) is 0 Å². The van der Waals surface area contributed by atoms with Gasteiger partial charge in [-0.25, -0.2) is 4.39 Å². The Bertz CT molecular complexity index is 476. The van der Waals surface area contributed by atoms with E-state index in [1.807, 2.05) is 18.7 Å². The van der Waals surface area contributed by atoms with Gasteiger partial charge in [0.1, 0.15) is 0 Å². The third kappa shape index (κ3) is 3.96. The summed E-state index contributed by atoms with van der Waals surface area (Å²) < 4.78 is 19.3. The number of nitrogens with one attached hydrogen (secondary N) is 1. The number of hydrogen-bond acceptors (Lipinski definition) is 4. The Balaban J connectivity index is 2.09. The third-order valence-corrected chi connectivity index (χ3v) is 5.62. The Hall–Kier alpha value is -1.10. The first-order chi connectivity index (χ1) is 10.1. The molecule has 1 aromatic rings. The number of thioether (sulfide) groups is 1. The summed E-state index contributed by atoms with van der Waals surface area (Å²) >= 11 is 1.93. The molecule has 0 radical (unpaired) electrons. The molecule has 0 atom stereocenters. The Morgan fingerprint density at radius 2 is 2.05 bits per heavy atom. The molecule has 0 bridgehead atoms. The van der Waals surface area contributed by atoms with Crippen LogP contribution in [0.4, 0.5) is 15.8 Å². The molecule has 118 valence electrons. The first kappa shape index (κ1) is 16.3. The zero-order valence-corrected chi connectivity index (χ0v) is 13.7. The van der Waals surface area contributed by atoms with Gasteiger partial charge >= 0.3 is 0 Å². The fourth-order valence-corrected chi connectivity index (χ4v) is 3.81. The van der Waals surface area contributed by atoms with Gasteiger partial charge in [0.05, 0.1) is 18.0 Å². The molecule has 21 heavy (non-hydrogen) atoms. The Morgan fingerprint density at radius 3 is 2.67 bits per heavy atom. The number of anilines is 2. The number of benzene rings is 1. The maximum Gasteiger partial charge on any atom is 0.167 e. The van der Waals surface area contributed by atoms with E-state index in [0.29, 0.717) is 12.3 Å². The van der Waals surface area contributed by atoms with Crippen LogP contribution in [0.15, 0.2) is 12.1 Å². The Morgan fingerprint density at radius 1 is 1.33 bits per heavy atom. The van der Waals surface area contributed by atoms with Crippen molar-refractivity contribution in [2.75, 3.05) is 30.5 Å². The van der Waals surface area contributed by atoms with Crippen molar-refractivity contribution in [2.24, 2.45) is 0 Å². The average molecular weight is 312 g/mol. The van der Waals surface area contributed by atoms with E-state index in [2.05, 4.69) is 11.6 Å². The lowest BCUT2D eigenvalue weighted by Crippen LogP contribution is -2.35. The summed E-state index contributed by atoms with van der Waals surface area (Å²) in [6.07, 6.45) is 8.51. The van der Waals surface area contributed by atoms with Crippen LogP contribution in [0.25, 0.3) is 0 Å². The van der Waals surface area contributed by atoms with E-state index in [0.717, 1.165) is 12.2 Å². The number of nitrogens with two attached hydrogens (primary N) is 1. The van der Waals surface area contributed by atoms with Gasteiger partial charge in [0.2, 0.25) is 0 Å². The first-order valence-corrected chi connectivity index (χ1v) is 8.83. The van der Waals surface area contributed by atoms with Crippen LogP contribution in [0.1, 0.15) is 39.0 Å². The van der Waals surface area contributed by atoms with Gasteiger partial charge in [-0.3, -0.25) is 0 Å². The summed E-state index contributed by atoms with van der Waals surface area (Å²) in [6, 6.07) is 3.00. The Kier molecular flexibility index (Phi) is 5.62. The van der Waals surface area contributed by atoms with E-state index >= 15 is 0 Å². The van der Waals surface area contributed by atoms with Crippen molar-refractivity contribution in [3.8, 4) is 5.75 Å². The number of ether oxygens (including phenoxy) is 1. The van der Waals surface area contributed by atoms with Crippen LogP contribution in [0.3, 0.4) is 0 Å². The minimum Gasteiger partial charge on any atom is -0.491 e. The van der Waals surface area contributed by atoms with Gasteiger partial charge in [0.25, 0.3) is 0 Å². The minimum atomic E-state index is -0.405. The van der Waals surface area contributed by atoms with E-state index in [1.165, 1.54) is 38.2 Å². The molecule has 1 aromatic carbocycles. The van der Waals surface area contributed by atoms with E-state index in [1.54, 1.807) is 6.07 Å². The zero-order valence-electron chi connectivity index (χ0n) is 12.9. The van der Waals surface area contributed by atoms with E-state index in [9.17, 15) is 4.39 Å². The SMILES string of the molecule is CCOc1cc(NCC2(SC)CCCCC2)c(N)cc1F. The Labute approximate surface area is 130 Å². The predicted molar refractivity (Wildman–Crippen MR) is 89.8 cm³/mol. The maximum absolute atomic E-state index is 13.7. The standard InChI is InChI=1S/C16H25FN2OS/c1-3-20-15-10-14(13(18)9-12(15)17)19-11-16(21-2)7-5-4-6-8-16/h9-10,19H,3-8,11,18H2,1-2H3. The summed E-state index contributed by atoms with van der Waals surface area (Å²) in [6.45, 7) is 3.14. The molecular weight excluding hydrogens is 287 g/mol. The highest BCUT2D eigenvalue weighted by Crippen LogP contribution is 2.39. The lowest BCUT2D eigenvalue weighted by molar-refractivity contribution is 0.322. The number of hydrogen-bond donors (Lipinski definition) is 2. The molecule has 3 N–H and O–H groups in total. The second-order valence-electron chi connectivity index (χ2n) is 5.60. The van der Waals surface area contributed by atoms with Crippen LogP contribution in [0, 0.1) is 5.82 Å². The molecule has 1 aliphatic carbocycles. The number of rotatable bonds is 6. The lowest BCUT2D eigenvalue weighted by atomic mass is 9.88. The molecule has 3 nitrogen and oxygen atoms in total. The number of halogens is 1. The fourth-order valence-electron chi connectivity index (χ4n) is 2.89. The quantitative estimate of drug-likeness (QED) is 0.770. The number of nitrogen functional groups attached to an aromatic ring is 1. The van der Waals surface area contributed by atoms with Crippen molar-refractivity contribution in [2.45, 2.75) is 43.8 Å². The molecule has 0 spiro atoms. The lowest BCUT2D eigenvalue weighted by Gasteiger charge is -2.36. The molecule has 0 saturated heterocycles. The molecule has 0 aliphatic heterocycles. The van der Waals surface area contributed by atoms with E-state index in [4.69, 9.17) is 10.5 Å². The van der Waals surface area contributed by atoms with Gasteiger partial charge in [-0.1, -0.05) is 19.3 Å². The van der Waals surface area contributed by atoms with Crippen LogP contribution in [-0.2, 0) is 0 Å². The smallest absolute Gasteiger partial charge is 0.167 e. The third-order valence-electron chi connectivity index (χ3n) is 4.20. The predicted octanol–water partition coefficient (Wildman–Crippen LogP) is 4.28. The molecule has 1 aliphatic rings. The molecule has 0 aromatic heterocycles. The van der Waals surface area contributed by atoms with Gasteiger partial charge in [0.15, 0.2) is 11.6 Å². The van der Waals surface area contributed by atoms with Gasteiger partial charge in [-0.05, 0) is 26.0 Å². The fraction of sp³-hybridized carbons (Fsp3) is 0.625. The summed E-state index contributed by atoms with van der Waals surface area (Å²) in [5.41, 5.74) is 7.12. The van der Waals surface area contributed by atoms with Crippen LogP contribution in [0.5, 0.6) is 5.75 Å². The monoisotopic (exact) mass is 312 g/mol. The van der Waals surface area contributed by atoms with Gasteiger partial charge in [-0.15, -0.1) is 0 Å². The minimum absolute atomic E-state index is 0.260. The van der Waals surface area contributed by atoms with Crippen LogP contribution in [-0.4, -0.2) is 24.2 Å². The highest BCUT2D eigenvalue weighted by Gasteiger charge is 2.31. The highest BCUT2D eigenvalue weighted by atomic mass is 32.2. The van der Waals surface area contributed by atoms with Crippen LogP contribution in [0.2, 0.25) is 0 Å². The molecular formula is C16H25FN2OS. The topological polar surface area (TPSA) is 47.3 Å². The molecule has 0 heterocycles. The second kappa shape index (κ2) is 7.25. The van der Waals surface area contributed by atoms with Gasteiger partial charge < -0.3 is 15.8 Å². The summed E-state index contributed by atoms with van der Waals surface area (Å²) in [5.74, 6) is -0.145. The largest absolute Gasteiger partial charge is 0.491 e. The zero-order chi connectivity index (χ0) is 15.3. The van der Waals surface area contributed by atoms with Crippen molar-refractivity contribution in [1.29, 1.82) is 0 Å². The van der Waals surface area contributed by atoms with Crippen LogP contribution >= 0.6 is 11.8 Å². The highest BCUT2D eigenvalue weighted by molar-refractivity contribution is 8.00. The molecule has 1 fully saturated rings. The molecule has 2 rings (SSSR count). The summed E-state index contributed by atoms with van der Waals surface area (Å²) in [7, 11) is 0. The summed E-state index contributed by atoms with van der Waals surface area (Å²) in [4.78, 5) is 0. The maximum atomic E-state index is 13.7. The van der Waals surface area contributed by atoms with E-state index < -0.39 is 5.82 Å². The molecule has 5 heteroatoms. The van der Waals surface area contributed by atoms with Crippen molar-refractivity contribution >= 4 is 23.1 Å². The summed E-state index contributed by atoms with van der Waals surface area (Å²) in [5, 5.41) is 3.41. The van der Waals surface area contributed by atoms with Crippen molar-refractivity contribution in [1.82, 2.24) is 0 Å². The molecule has 1 saturated carbocycles.